The van der Waals surface area contributed by atoms with Gasteiger partial charge in [-0.25, -0.2) is 0 Å². The zero-order valence-electron chi connectivity index (χ0n) is 9.62. The first-order valence-corrected chi connectivity index (χ1v) is 5.61. The molecular formula is C13H15N3. The minimum Gasteiger partial charge on any atom is -0.384 e. The molecule has 1 N–H and O–H groups in total. The number of rotatable bonds is 1. The molecule has 0 saturated carbocycles. The van der Waals surface area contributed by atoms with Crippen molar-refractivity contribution in [1.82, 2.24) is 9.78 Å². The van der Waals surface area contributed by atoms with Gasteiger partial charge in [-0.3, -0.25) is 4.68 Å². The number of aromatic nitrogens is 2. The summed E-state index contributed by atoms with van der Waals surface area (Å²) in [6.45, 7) is 3.17. The summed E-state index contributed by atoms with van der Waals surface area (Å²) in [6, 6.07) is 6.62. The number of hydrogen-bond donors (Lipinski definition) is 1. The molecule has 0 atom stereocenters. The Labute approximate surface area is 95.1 Å². The van der Waals surface area contributed by atoms with Gasteiger partial charge in [0.05, 0.1) is 6.20 Å². The molecule has 3 heteroatoms. The lowest BCUT2D eigenvalue weighted by molar-refractivity contribution is 0.740. The molecule has 0 unspecified atom stereocenters. The van der Waals surface area contributed by atoms with E-state index in [1.165, 1.54) is 28.1 Å². The SMILES string of the molecule is Cc1c(-c2ccc3c(c2)CCN3)cnn1C. The second kappa shape index (κ2) is 3.37. The molecule has 0 aliphatic carbocycles. The maximum atomic E-state index is 4.29. The summed E-state index contributed by atoms with van der Waals surface area (Å²) in [7, 11) is 1.98. The van der Waals surface area contributed by atoms with Crippen molar-refractivity contribution in [3.8, 4) is 11.1 Å². The molecule has 0 saturated heterocycles. The molecule has 1 aliphatic heterocycles. The van der Waals surface area contributed by atoms with E-state index < -0.39 is 0 Å². The smallest absolute Gasteiger partial charge is 0.0571 e. The van der Waals surface area contributed by atoms with E-state index in [1.807, 2.05) is 17.9 Å². The van der Waals surface area contributed by atoms with Gasteiger partial charge in [0.15, 0.2) is 0 Å². The fourth-order valence-electron chi connectivity index (χ4n) is 2.25. The van der Waals surface area contributed by atoms with E-state index in [1.54, 1.807) is 0 Å². The van der Waals surface area contributed by atoms with Crippen molar-refractivity contribution < 1.29 is 0 Å². The van der Waals surface area contributed by atoms with Crippen LogP contribution >= 0.6 is 0 Å². The summed E-state index contributed by atoms with van der Waals surface area (Å²) in [5.41, 5.74) is 6.42. The van der Waals surface area contributed by atoms with Crippen molar-refractivity contribution in [1.29, 1.82) is 0 Å². The molecule has 0 amide bonds. The molecular weight excluding hydrogens is 198 g/mol. The highest BCUT2D eigenvalue weighted by atomic mass is 15.3. The Hall–Kier alpha value is -1.77. The lowest BCUT2D eigenvalue weighted by Crippen LogP contribution is -1.92. The average Bonchev–Trinajstić information content (AvgIpc) is 2.86. The fourth-order valence-corrected chi connectivity index (χ4v) is 2.25. The van der Waals surface area contributed by atoms with Crippen LogP contribution in [0, 0.1) is 6.92 Å². The van der Waals surface area contributed by atoms with Gasteiger partial charge < -0.3 is 5.32 Å². The van der Waals surface area contributed by atoms with E-state index in [-0.39, 0.29) is 0 Å². The number of hydrogen-bond acceptors (Lipinski definition) is 2. The van der Waals surface area contributed by atoms with Gasteiger partial charge in [0, 0.05) is 30.5 Å². The highest BCUT2D eigenvalue weighted by molar-refractivity contribution is 5.70. The molecule has 0 spiro atoms. The van der Waals surface area contributed by atoms with Crippen LogP contribution in [-0.4, -0.2) is 16.3 Å². The van der Waals surface area contributed by atoms with Crippen LogP contribution in [0.15, 0.2) is 24.4 Å². The van der Waals surface area contributed by atoms with Gasteiger partial charge in [0.1, 0.15) is 0 Å². The van der Waals surface area contributed by atoms with Crippen molar-refractivity contribution in [3.63, 3.8) is 0 Å². The first kappa shape index (κ1) is 9.46. The lowest BCUT2D eigenvalue weighted by atomic mass is 10.0. The van der Waals surface area contributed by atoms with Gasteiger partial charge in [0.2, 0.25) is 0 Å². The van der Waals surface area contributed by atoms with E-state index in [2.05, 4.69) is 35.5 Å². The zero-order chi connectivity index (χ0) is 11.1. The summed E-state index contributed by atoms with van der Waals surface area (Å²) in [4.78, 5) is 0. The number of anilines is 1. The van der Waals surface area contributed by atoms with Crippen LogP contribution in [0.1, 0.15) is 11.3 Å². The summed E-state index contributed by atoms with van der Waals surface area (Å²) in [6.07, 6.45) is 3.07. The minimum absolute atomic E-state index is 1.06. The average molecular weight is 213 g/mol. The molecule has 3 nitrogen and oxygen atoms in total. The van der Waals surface area contributed by atoms with Crippen molar-refractivity contribution >= 4 is 5.69 Å². The topological polar surface area (TPSA) is 29.9 Å². The van der Waals surface area contributed by atoms with E-state index in [0.717, 1.165) is 13.0 Å². The number of nitrogens with zero attached hydrogens (tertiary/aromatic N) is 2. The quantitative estimate of drug-likeness (QED) is 0.788. The third-order valence-corrected chi connectivity index (χ3v) is 3.36. The summed E-state index contributed by atoms with van der Waals surface area (Å²) in [5, 5.41) is 7.66. The maximum Gasteiger partial charge on any atom is 0.0571 e. The molecule has 0 fully saturated rings. The highest BCUT2D eigenvalue weighted by Gasteiger charge is 2.12. The molecule has 0 radical (unpaired) electrons. The van der Waals surface area contributed by atoms with Crippen LogP contribution in [0.25, 0.3) is 11.1 Å². The second-order valence-electron chi connectivity index (χ2n) is 4.32. The number of nitrogens with one attached hydrogen (secondary N) is 1. The van der Waals surface area contributed by atoms with Crippen LogP contribution < -0.4 is 5.32 Å². The largest absolute Gasteiger partial charge is 0.384 e. The van der Waals surface area contributed by atoms with E-state index in [0.29, 0.717) is 0 Å². The highest BCUT2D eigenvalue weighted by Crippen LogP contribution is 2.29. The first-order chi connectivity index (χ1) is 7.75. The van der Waals surface area contributed by atoms with Crippen molar-refractivity contribution in [3.05, 3.63) is 35.7 Å². The summed E-state index contributed by atoms with van der Waals surface area (Å²) in [5.74, 6) is 0. The molecule has 16 heavy (non-hydrogen) atoms. The molecule has 1 aromatic heterocycles. The Morgan fingerprint density at radius 3 is 3.00 bits per heavy atom. The van der Waals surface area contributed by atoms with Crippen LogP contribution in [0.4, 0.5) is 5.69 Å². The first-order valence-electron chi connectivity index (χ1n) is 5.61. The van der Waals surface area contributed by atoms with Crippen LogP contribution in [0.2, 0.25) is 0 Å². The molecule has 2 heterocycles. The zero-order valence-corrected chi connectivity index (χ0v) is 9.62. The van der Waals surface area contributed by atoms with Gasteiger partial charge in [-0.05, 0) is 36.6 Å². The maximum absolute atomic E-state index is 4.29. The van der Waals surface area contributed by atoms with Gasteiger partial charge >= 0.3 is 0 Å². The third-order valence-electron chi connectivity index (χ3n) is 3.36. The molecule has 82 valence electrons. The third kappa shape index (κ3) is 1.32. The Bertz CT molecular complexity index is 540. The van der Waals surface area contributed by atoms with E-state index >= 15 is 0 Å². The summed E-state index contributed by atoms with van der Waals surface area (Å²) < 4.78 is 1.92. The predicted octanol–water partition coefficient (Wildman–Crippen LogP) is 2.36. The van der Waals surface area contributed by atoms with Crippen molar-refractivity contribution in [2.24, 2.45) is 7.05 Å². The van der Waals surface area contributed by atoms with Gasteiger partial charge in [-0.2, -0.15) is 5.10 Å². The standard InChI is InChI=1S/C13H15N3/c1-9-12(8-15-16(9)2)10-3-4-13-11(7-10)5-6-14-13/h3-4,7-8,14H,5-6H2,1-2H3. The van der Waals surface area contributed by atoms with E-state index in [4.69, 9.17) is 0 Å². The van der Waals surface area contributed by atoms with Gasteiger partial charge in [-0.1, -0.05) is 6.07 Å². The van der Waals surface area contributed by atoms with Crippen molar-refractivity contribution in [2.75, 3.05) is 11.9 Å². The molecule has 1 aromatic carbocycles. The number of benzene rings is 1. The molecule has 2 aromatic rings. The lowest BCUT2D eigenvalue weighted by Gasteiger charge is -2.04. The van der Waals surface area contributed by atoms with Crippen LogP contribution in [0.3, 0.4) is 0 Å². The minimum atomic E-state index is 1.06. The monoisotopic (exact) mass is 213 g/mol. The molecule has 0 bridgehead atoms. The van der Waals surface area contributed by atoms with E-state index in [9.17, 15) is 0 Å². The fraction of sp³-hybridized carbons (Fsp3) is 0.308. The molecule has 1 aliphatic rings. The van der Waals surface area contributed by atoms with Gasteiger partial charge in [0.25, 0.3) is 0 Å². The van der Waals surface area contributed by atoms with Crippen LogP contribution in [0.5, 0.6) is 0 Å². The number of fused-ring (bicyclic) bond motifs is 1. The summed E-state index contributed by atoms with van der Waals surface area (Å²) >= 11 is 0. The Morgan fingerprint density at radius 1 is 1.38 bits per heavy atom. The normalized spacial score (nSPS) is 13.6. The Balaban J connectivity index is 2.10. The van der Waals surface area contributed by atoms with Gasteiger partial charge in [-0.15, -0.1) is 0 Å². The Kier molecular flexibility index (Phi) is 1.99. The Morgan fingerprint density at radius 2 is 2.25 bits per heavy atom. The number of aryl methyl sites for hydroxylation is 1. The van der Waals surface area contributed by atoms with Crippen LogP contribution in [-0.2, 0) is 13.5 Å². The molecule has 3 rings (SSSR count). The predicted molar refractivity (Wildman–Crippen MR) is 65.6 cm³/mol. The second-order valence-corrected chi connectivity index (χ2v) is 4.32. The van der Waals surface area contributed by atoms with Crippen molar-refractivity contribution in [2.45, 2.75) is 13.3 Å².